The van der Waals surface area contributed by atoms with Crippen molar-refractivity contribution in [2.75, 3.05) is 32.7 Å². The minimum absolute atomic E-state index is 1.06. The van der Waals surface area contributed by atoms with Crippen molar-refractivity contribution in [1.29, 1.82) is 0 Å². The lowest BCUT2D eigenvalue weighted by Gasteiger charge is -2.14. The van der Waals surface area contributed by atoms with Crippen LogP contribution in [0.15, 0.2) is 0 Å². The summed E-state index contributed by atoms with van der Waals surface area (Å²) in [5, 5.41) is 3.70. The lowest BCUT2D eigenvalue weighted by Crippen LogP contribution is -2.26. The van der Waals surface area contributed by atoms with Gasteiger partial charge in [-0.1, -0.05) is 12.8 Å². The average molecular weight is 236 g/mol. The second kappa shape index (κ2) is 5.71. The summed E-state index contributed by atoms with van der Waals surface area (Å²) in [5.74, 6) is 3.30. The summed E-state index contributed by atoms with van der Waals surface area (Å²) in [6, 6.07) is 0. The lowest BCUT2D eigenvalue weighted by atomic mass is 10.0. The predicted molar refractivity (Wildman–Crippen MR) is 72.1 cm³/mol. The molecule has 1 aliphatic heterocycles. The molecule has 1 N–H and O–H groups in total. The maximum atomic E-state index is 3.70. The quantitative estimate of drug-likeness (QED) is 0.713. The number of rotatable bonds is 6. The van der Waals surface area contributed by atoms with Gasteiger partial charge < -0.3 is 10.2 Å². The van der Waals surface area contributed by atoms with Crippen LogP contribution in [-0.2, 0) is 0 Å². The molecule has 2 nitrogen and oxygen atoms in total. The maximum absolute atomic E-state index is 3.70. The second-order valence-electron chi connectivity index (χ2n) is 6.38. The number of nitrogens with zero attached hydrogens (tertiary/aromatic N) is 1. The van der Waals surface area contributed by atoms with Gasteiger partial charge in [0.1, 0.15) is 0 Å². The van der Waals surface area contributed by atoms with Gasteiger partial charge in [0, 0.05) is 0 Å². The molecule has 0 amide bonds. The molecule has 3 rings (SSSR count). The summed E-state index contributed by atoms with van der Waals surface area (Å²) in [6.07, 6.45) is 10.3. The summed E-state index contributed by atoms with van der Waals surface area (Å²) in [5.41, 5.74) is 0. The molecule has 1 saturated heterocycles. The molecular weight excluding hydrogens is 208 g/mol. The summed E-state index contributed by atoms with van der Waals surface area (Å²) in [7, 11) is 0. The fraction of sp³-hybridized carbons (Fsp3) is 1.00. The standard InChI is InChI=1S/C15H28N2/c1-2-7-14-13(6-1)15(14)12-16-8-5-11-17-9-3-4-10-17/h13-16H,1-12H2. The zero-order valence-electron chi connectivity index (χ0n) is 11.2. The number of hydrogen-bond acceptors (Lipinski definition) is 2. The zero-order chi connectivity index (χ0) is 11.5. The van der Waals surface area contributed by atoms with E-state index >= 15 is 0 Å². The van der Waals surface area contributed by atoms with Gasteiger partial charge in [0.2, 0.25) is 0 Å². The van der Waals surface area contributed by atoms with Crippen LogP contribution >= 0.6 is 0 Å². The van der Waals surface area contributed by atoms with E-state index in [1.807, 2.05) is 0 Å². The van der Waals surface area contributed by atoms with Crippen molar-refractivity contribution in [2.24, 2.45) is 17.8 Å². The van der Waals surface area contributed by atoms with Crippen LogP contribution in [0, 0.1) is 17.8 Å². The molecule has 17 heavy (non-hydrogen) atoms. The second-order valence-corrected chi connectivity index (χ2v) is 6.38. The molecular formula is C15H28N2. The van der Waals surface area contributed by atoms with Crippen LogP contribution < -0.4 is 5.32 Å². The van der Waals surface area contributed by atoms with Crippen LogP contribution in [0.4, 0.5) is 0 Å². The van der Waals surface area contributed by atoms with Crippen molar-refractivity contribution in [1.82, 2.24) is 10.2 Å². The first-order valence-corrected chi connectivity index (χ1v) is 7.88. The van der Waals surface area contributed by atoms with Crippen LogP contribution in [-0.4, -0.2) is 37.6 Å². The molecule has 98 valence electrons. The Hall–Kier alpha value is -0.0800. The average Bonchev–Trinajstić information content (AvgIpc) is 2.82. The highest BCUT2D eigenvalue weighted by atomic mass is 15.1. The van der Waals surface area contributed by atoms with Gasteiger partial charge in [-0.3, -0.25) is 0 Å². The Balaban J connectivity index is 1.21. The van der Waals surface area contributed by atoms with Gasteiger partial charge in [-0.15, -0.1) is 0 Å². The fourth-order valence-electron chi connectivity index (χ4n) is 4.15. The van der Waals surface area contributed by atoms with Gasteiger partial charge in [0.05, 0.1) is 0 Å². The van der Waals surface area contributed by atoms with Gasteiger partial charge >= 0.3 is 0 Å². The highest BCUT2D eigenvalue weighted by Gasteiger charge is 2.49. The first-order chi connectivity index (χ1) is 8.45. The largest absolute Gasteiger partial charge is 0.316 e. The number of nitrogens with one attached hydrogen (secondary N) is 1. The Kier molecular flexibility index (Phi) is 4.02. The molecule has 1 heterocycles. The van der Waals surface area contributed by atoms with Crippen LogP contribution in [0.5, 0.6) is 0 Å². The van der Waals surface area contributed by atoms with E-state index in [2.05, 4.69) is 10.2 Å². The van der Waals surface area contributed by atoms with Crippen molar-refractivity contribution in [3.63, 3.8) is 0 Å². The molecule has 2 aliphatic carbocycles. The van der Waals surface area contributed by atoms with Gasteiger partial charge in [0.15, 0.2) is 0 Å². The van der Waals surface area contributed by atoms with Crippen LogP contribution in [0.3, 0.4) is 0 Å². The number of likely N-dealkylation sites (tertiary alicyclic amines) is 1. The molecule has 0 bridgehead atoms. The van der Waals surface area contributed by atoms with Crippen molar-refractivity contribution in [3.05, 3.63) is 0 Å². The number of hydrogen-bond donors (Lipinski definition) is 1. The first kappa shape index (κ1) is 12.0. The highest BCUT2D eigenvalue weighted by Crippen LogP contribution is 2.54. The fourth-order valence-corrected chi connectivity index (χ4v) is 4.15. The number of fused-ring (bicyclic) bond motifs is 1. The molecule has 0 aromatic heterocycles. The molecule has 0 aromatic rings. The van der Waals surface area contributed by atoms with Gasteiger partial charge in [-0.05, 0) is 82.6 Å². The summed E-state index contributed by atoms with van der Waals surface area (Å²) in [6.45, 7) is 6.59. The SMILES string of the molecule is C1CCC2C(C1)C2CNCCCN1CCCC1. The predicted octanol–water partition coefficient (Wildman–Crippen LogP) is 2.50. The third-order valence-electron chi connectivity index (χ3n) is 5.24. The van der Waals surface area contributed by atoms with E-state index in [4.69, 9.17) is 0 Å². The first-order valence-electron chi connectivity index (χ1n) is 7.88. The maximum Gasteiger partial charge on any atom is -0.000664 e. The van der Waals surface area contributed by atoms with Crippen molar-refractivity contribution < 1.29 is 0 Å². The van der Waals surface area contributed by atoms with Crippen molar-refractivity contribution in [2.45, 2.75) is 44.9 Å². The zero-order valence-corrected chi connectivity index (χ0v) is 11.2. The Bertz CT molecular complexity index is 223. The van der Waals surface area contributed by atoms with E-state index in [0.717, 1.165) is 17.8 Å². The molecule has 3 aliphatic rings. The smallest absolute Gasteiger partial charge is 0.000664 e. The normalized spacial score (nSPS) is 37.1. The van der Waals surface area contributed by atoms with E-state index in [1.54, 1.807) is 0 Å². The third-order valence-corrected chi connectivity index (χ3v) is 5.24. The van der Waals surface area contributed by atoms with Gasteiger partial charge in [0.25, 0.3) is 0 Å². The minimum Gasteiger partial charge on any atom is -0.316 e. The molecule has 0 spiro atoms. The lowest BCUT2D eigenvalue weighted by molar-refractivity contribution is 0.330. The molecule has 2 atom stereocenters. The van der Waals surface area contributed by atoms with E-state index < -0.39 is 0 Å². The third kappa shape index (κ3) is 3.03. The summed E-state index contributed by atoms with van der Waals surface area (Å²) in [4.78, 5) is 2.62. The van der Waals surface area contributed by atoms with E-state index in [1.165, 1.54) is 77.7 Å². The van der Waals surface area contributed by atoms with E-state index in [-0.39, 0.29) is 0 Å². The molecule has 0 aromatic carbocycles. The van der Waals surface area contributed by atoms with Gasteiger partial charge in [-0.2, -0.15) is 0 Å². The van der Waals surface area contributed by atoms with E-state index in [0.29, 0.717) is 0 Å². The van der Waals surface area contributed by atoms with Crippen LogP contribution in [0.2, 0.25) is 0 Å². The Morgan fingerprint density at radius 3 is 2.35 bits per heavy atom. The summed E-state index contributed by atoms with van der Waals surface area (Å²) < 4.78 is 0. The molecule has 3 fully saturated rings. The van der Waals surface area contributed by atoms with E-state index in [9.17, 15) is 0 Å². The Morgan fingerprint density at radius 1 is 0.941 bits per heavy atom. The summed E-state index contributed by atoms with van der Waals surface area (Å²) >= 11 is 0. The molecule has 2 heteroatoms. The van der Waals surface area contributed by atoms with Crippen molar-refractivity contribution in [3.8, 4) is 0 Å². The molecule has 0 radical (unpaired) electrons. The van der Waals surface area contributed by atoms with Crippen LogP contribution in [0.1, 0.15) is 44.9 Å². The topological polar surface area (TPSA) is 15.3 Å². The minimum atomic E-state index is 1.06. The van der Waals surface area contributed by atoms with Crippen LogP contribution in [0.25, 0.3) is 0 Å². The van der Waals surface area contributed by atoms with Gasteiger partial charge in [-0.25, -0.2) is 0 Å². The van der Waals surface area contributed by atoms with Crippen molar-refractivity contribution >= 4 is 0 Å². The monoisotopic (exact) mass is 236 g/mol. The molecule has 2 saturated carbocycles. The highest BCUT2D eigenvalue weighted by molar-refractivity contribution is 4.99. The Morgan fingerprint density at radius 2 is 1.65 bits per heavy atom. The molecule has 2 unspecified atom stereocenters. The Labute approximate surface area is 106 Å².